The van der Waals surface area contributed by atoms with Crippen LogP contribution in [0.2, 0.25) is 64.6 Å². The van der Waals surface area contributed by atoms with E-state index in [9.17, 15) is 0 Å². The SMILES string of the molecule is C[Si](C)(C)C[Si]([Si](C)(C)C)[Si](C)(C)C. The van der Waals surface area contributed by atoms with Crippen LogP contribution in [0.3, 0.4) is 0 Å². The molecule has 0 N–H and O–H groups in total. The molecule has 85 valence electrons. The summed E-state index contributed by atoms with van der Waals surface area (Å²) in [6, 6.07) is 0. The van der Waals surface area contributed by atoms with Crippen molar-refractivity contribution in [3.8, 4) is 0 Å². The van der Waals surface area contributed by atoms with E-state index in [0.29, 0.717) is 0 Å². The van der Waals surface area contributed by atoms with Crippen molar-refractivity contribution in [1.82, 2.24) is 0 Å². The van der Waals surface area contributed by atoms with Gasteiger partial charge < -0.3 is 0 Å². The monoisotopic (exact) mass is 261 g/mol. The third-order valence-electron chi connectivity index (χ3n) is 2.52. The largest absolute Gasteiger partial charge is 0.0719 e. The highest BCUT2D eigenvalue weighted by molar-refractivity contribution is 7.61. The van der Waals surface area contributed by atoms with Crippen LogP contribution in [0.4, 0.5) is 0 Å². The first-order chi connectivity index (χ1) is 5.84. The highest BCUT2D eigenvalue weighted by atomic mass is 29.6. The van der Waals surface area contributed by atoms with Gasteiger partial charge in [0.2, 0.25) is 0 Å². The molecule has 0 heterocycles. The lowest BCUT2D eigenvalue weighted by molar-refractivity contribution is 1.61. The van der Waals surface area contributed by atoms with Gasteiger partial charge in [-0.05, 0) is 0 Å². The molecule has 14 heavy (non-hydrogen) atoms. The maximum atomic E-state index is 2.61. The fourth-order valence-corrected chi connectivity index (χ4v) is 59.0. The van der Waals surface area contributed by atoms with Gasteiger partial charge in [0.15, 0.2) is 0 Å². The zero-order chi connectivity index (χ0) is 11.8. The average molecular weight is 262 g/mol. The van der Waals surface area contributed by atoms with Crippen molar-refractivity contribution < 1.29 is 0 Å². The summed E-state index contributed by atoms with van der Waals surface area (Å²) in [4.78, 5) is 0. The predicted molar refractivity (Wildman–Crippen MR) is 80.6 cm³/mol. The van der Waals surface area contributed by atoms with E-state index >= 15 is 0 Å². The minimum absolute atomic E-state index is 0.00643. The normalized spacial score (nSPS) is 15.0. The van der Waals surface area contributed by atoms with Crippen molar-refractivity contribution in [1.29, 1.82) is 0 Å². The van der Waals surface area contributed by atoms with Gasteiger partial charge in [-0.15, -0.1) is 0 Å². The van der Waals surface area contributed by atoms with Gasteiger partial charge >= 0.3 is 0 Å². The van der Waals surface area contributed by atoms with E-state index in [1.807, 2.05) is 0 Å². The summed E-state index contributed by atoms with van der Waals surface area (Å²) in [5.74, 6) is 0. The van der Waals surface area contributed by atoms with Crippen LogP contribution in [0.5, 0.6) is 0 Å². The van der Waals surface area contributed by atoms with Crippen LogP contribution in [0.15, 0.2) is 0 Å². The molecule has 0 aromatic carbocycles. The van der Waals surface area contributed by atoms with Crippen molar-refractivity contribution in [2.24, 2.45) is 0 Å². The van der Waals surface area contributed by atoms with Gasteiger partial charge in [0, 0.05) is 31.1 Å². The number of hydrogen-bond donors (Lipinski definition) is 0. The van der Waals surface area contributed by atoms with Gasteiger partial charge in [-0.2, -0.15) is 0 Å². The highest BCUT2D eigenvalue weighted by Crippen LogP contribution is 2.25. The molecule has 0 nitrogen and oxygen atoms in total. The molecule has 4 heteroatoms. The van der Waals surface area contributed by atoms with Gasteiger partial charge in [-0.25, -0.2) is 0 Å². The lowest BCUT2D eigenvalue weighted by Crippen LogP contribution is -2.61. The molecular weight excluding hydrogens is 232 g/mol. The van der Waals surface area contributed by atoms with E-state index in [4.69, 9.17) is 0 Å². The molecule has 0 aromatic rings. The predicted octanol–water partition coefficient (Wildman–Crippen LogP) is 4.19. The molecule has 0 unspecified atom stereocenters. The van der Waals surface area contributed by atoms with E-state index < -0.39 is 23.3 Å². The zero-order valence-electron chi connectivity index (χ0n) is 11.7. The third kappa shape index (κ3) is 5.68. The van der Waals surface area contributed by atoms with Crippen molar-refractivity contribution in [2.45, 2.75) is 64.6 Å². The summed E-state index contributed by atoms with van der Waals surface area (Å²) in [5.41, 5.74) is 1.67. The Morgan fingerprint density at radius 3 is 1.00 bits per heavy atom. The molecule has 0 spiro atoms. The van der Waals surface area contributed by atoms with Gasteiger partial charge in [0.25, 0.3) is 0 Å². The van der Waals surface area contributed by atoms with E-state index in [1.54, 1.807) is 5.67 Å². The second kappa shape index (κ2) is 4.39. The Labute approximate surface area is 95.7 Å². The van der Waals surface area contributed by atoms with E-state index in [2.05, 4.69) is 58.9 Å². The van der Waals surface area contributed by atoms with Crippen molar-refractivity contribution in [3.05, 3.63) is 0 Å². The maximum Gasteiger partial charge on any atom is 0.0410 e. The Bertz CT molecular complexity index is 166. The van der Waals surface area contributed by atoms with E-state index in [-0.39, 0.29) is 7.83 Å². The summed E-state index contributed by atoms with van der Waals surface area (Å²) >= 11 is 0. The molecule has 0 aliphatic carbocycles. The van der Waals surface area contributed by atoms with Crippen molar-refractivity contribution in [3.63, 3.8) is 0 Å². The Kier molecular flexibility index (Phi) is 4.66. The molecular formula is C10H29Si4. The molecule has 0 aliphatic rings. The molecule has 0 atom stereocenters. The third-order valence-corrected chi connectivity index (χ3v) is 39.3. The lowest BCUT2D eigenvalue weighted by Gasteiger charge is -2.40. The van der Waals surface area contributed by atoms with Gasteiger partial charge in [-0.1, -0.05) is 64.6 Å². The standard InChI is InChI=1S/C10H29Si4/c1-12(2,3)10-11(13(4,5)6)14(7,8)9/h10H2,1-9H3. The summed E-state index contributed by atoms with van der Waals surface area (Å²) in [5, 5.41) is 0. The molecule has 0 saturated heterocycles. The Morgan fingerprint density at radius 2 is 0.929 bits per heavy atom. The Morgan fingerprint density at radius 1 is 0.643 bits per heavy atom. The van der Waals surface area contributed by atoms with Gasteiger partial charge in [-0.3, -0.25) is 0 Å². The summed E-state index contributed by atoms with van der Waals surface area (Å²) < 4.78 is 0. The summed E-state index contributed by atoms with van der Waals surface area (Å²) in [6.45, 7) is 23.3. The minimum Gasteiger partial charge on any atom is -0.0719 e. The first kappa shape index (κ1) is 14.9. The molecule has 0 saturated carbocycles. The first-order valence-corrected chi connectivity index (χ1v) is 20.1. The number of rotatable bonds is 4. The van der Waals surface area contributed by atoms with Crippen LogP contribution < -0.4 is 0 Å². The fourth-order valence-electron chi connectivity index (χ4n) is 2.19. The quantitative estimate of drug-likeness (QED) is 0.666. The van der Waals surface area contributed by atoms with Crippen LogP contribution in [0.25, 0.3) is 0 Å². The van der Waals surface area contributed by atoms with Crippen molar-refractivity contribution >= 4 is 31.1 Å². The van der Waals surface area contributed by atoms with Crippen LogP contribution >= 0.6 is 0 Å². The van der Waals surface area contributed by atoms with Crippen LogP contribution in [-0.4, -0.2) is 31.1 Å². The highest BCUT2D eigenvalue weighted by Gasteiger charge is 2.41. The van der Waals surface area contributed by atoms with Gasteiger partial charge in [0.05, 0.1) is 0 Å². The average Bonchev–Trinajstić information content (AvgIpc) is 1.75. The second-order valence-electron chi connectivity index (χ2n) is 7.72. The molecule has 0 bridgehead atoms. The maximum absolute atomic E-state index is 2.61. The van der Waals surface area contributed by atoms with Crippen molar-refractivity contribution in [2.75, 3.05) is 0 Å². The Balaban J connectivity index is 4.78. The molecule has 0 fully saturated rings. The molecule has 0 amide bonds. The zero-order valence-corrected chi connectivity index (χ0v) is 15.7. The van der Waals surface area contributed by atoms with Crippen LogP contribution in [0.1, 0.15) is 0 Å². The number of hydrogen-bond acceptors (Lipinski definition) is 0. The molecule has 0 aliphatic heterocycles. The first-order valence-electron chi connectivity index (χ1n) is 5.71. The minimum atomic E-state index is -0.834. The van der Waals surface area contributed by atoms with Crippen LogP contribution in [-0.2, 0) is 0 Å². The molecule has 1 radical (unpaired) electrons. The fraction of sp³-hybridized carbons (Fsp3) is 1.00. The van der Waals surface area contributed by atoms with Crippen LogP contribution in [0, 0.1) is 0 Å². The Hall–Kier alpha value is 0.868. The topological polar surface area (TPSA) is 0 Å². The van der Waals surface area contributed by atoms with E-state index in [0.717, 1.165) is 0 Å². The van der Waals surface area contributed by atoms with E-state index in [1.165, 1.54) is 0 Å². The lowest BCUT2D eigenvalue weighted by atomic mass is 11.7. The molecule has 0 aromatic heterocycles. The summed E-state index contributed by atoms with van der Waals surface area (Å²) in [7, 11) is -2.49. The summed E-state index contributed by atoms with van der Waals surface area (Å²) in [6.07, 6.45) is 0. The van der Waals surface area contributed by atoms with Gasteiger partial charge in [0.1, 0.15) is 0 Å². The second-order valence-corrected chi connectivity index (χ2v) is 38.3. The smallest absolute Gasteiger partial charge is 0.0410 e. The molecule has 0 rings (SSSR count).